The summed E-state index contributed by atoms with van der Waals surface area (Å²) in [6, 6.07) is 3.69. The van der Waals surface area contributed by atoms with Crippen molar-refractivity contribution in [2.24, 2.45) is 0 Å². The number of carbonyl (C=O) groups is 3. The zero-order chi connectivity index (χ0) is 22.1. The van der Waals surface area contributed by atoms with E-state index in [1.807, 2.05) is 12.1 Å². The van der Waals surface area contributed by atoms with Crippen LogP contribution in [0, 0.1) is 0 Å². The largest absolute Gasteiger partial charge is 0.478 e. The van der Waals surface area contributed by atoms with Crippen LogP contribution in [0.2, 0.25) is 0 Å². The second-order valence-corrected chi connectivity index (χ2v) is 6.15. The van der Waals surface area contributed by atoms with Gasteiger partial charge in [0, 0.05) is 23.4 Å². The molecule has 0 aliphatic carbocycles. The van der Waals surface area contributed by atoms with Gasteiger partial charge in [-0.15, -0.1) is 0 Å². The van der Waals surface area contributed by atoms with Crippen molar-refractivity contribution in [1.29, 1.82) is 0 Å². The molecule has 10 heteroatoms. The van der Waals surface area contributed by atoms with E-state index in [1.54, 1.807) is 19.4 Å². The van der Waals surface area contributed by atoms with E-state index in [4.69, 9.17) is 19.4 Å². The Morgan fingerprint density at radius 3 is 2.47 bits per heavy atom. The lowest BCUT2D eigenvalue weighted by Crippen LogP contribution is -2.24. The molecule has 0 saturated carbocycles. The molecule has 10 nitrogen and oxygen atoms in total. The van der Waals surface area contributed by atoms with Gasteiger partial charge in [-0.2, -0.15) is 5.10 Å². The first-order valence-corrected chi connectivity index (χ1v) is 9.26. The van der Waals surface area contributed by atoms with Crippen molar-refractivity contribution >= 4 is 23.7 Å². The van der Waals surface area contributed by atoms with Crippen molar-refractivity contribution in [2.75, 3.05) is 11.9 Å². The highest BCUT2D eigenvalue weighted by molar-refractivity contribution is 5.94. The third-order valence-electron chi connectivity index (χ3n) is 4.06. The number of ether oxygens (including phenoxy) is 1. The van der Waals surface area contributed by atoms with E-state index in [-0.39, 0.29) is 11.9 Å². The van der Waals surface area contributed by atoms with Crippen LogP contribution in [0.15, 0.2) is 52.4 Å². The summed E-state index contributed by atoms with van der Waals surface area (Å²) in [4.78, 5) is 31.6. The van der Waals surface area contributed by atoms with Gasteiger partial charge in [0.05, 0.1) is 30.6 Å². The third-order valence-corrected chi connectivity index (χ3v) is 4.06. The number of aromatic amines is 1. The summed E-state index contributed by atoms with van der Waals surface area (Å²) < 4.78 is 10.8. The molecule has 160 valence electrons. The molecule has 1 aliphatic heterocycles. The van der Waals surface area contributed by atoms with Crippen molar-refractivity contribution in [2.45, 2.75) is 32.6 Å². The molecule has 0 amide bonds. The van der Waals surface area contributed by atoms with E-state index in [2.05, 4.69) is 22.4 Å². The van der Waals surface area contributed by atoms with E-state index in [9.17, 15) is 14.4 Å². The Bertz CT molecular complexity index is 926. The van der Waals surface area contributed by atoms with Gasteiger partial charge in [0.1, 0.15) is 11.6 Å². The number of furan rings is 1. The third kappa shape index (κ3) is 5.60. The fourth-order valence-corrected chi connectivity index (χ4v) is 2.95. The van der Waals surface area contributed by atoms with Crippen LogP contribution in [0.25, 0.3) is 0 Å². The first-order valence-electron chi connectivity index (χ1n) is 9.26. The molecule has 0 fully saturated rings. The zero-order valence-corrected chi connectivity index (χ0v) is 16.5. The van der Waals surface area contributed by atoms with E-state index < -0.39 is 11.9 Å². The van der Waals surface area contributed by atoms with Crippen LogP contribution in [-0.4, -0.2) is 44.9 Å². The number of H-pyrrole nitrogens is 1. The van der Waals surface area contributed by atoms with Crippen molar-refractivity contribution in [3.8, 4) is 0 Å². The smallest absolute Gasteiger partial charge is 0.336 e. The molecule has 0 radical (unpaired) electrons. The molecule has 2 aromatic heterocycles. The SMILES string of the molecule is CCCC1=C(C(=O)OCC)C(c2ccco2)c2cn[nH]c2N1.O=C(O)C=CC(=O)O. The van der Waals surface area contributed by atoms with Gasteiger partial charge in [-0.05, 0) is 25.5 Å². The number of nitrogens with one attached hydrogen (secondary N) is 2. The number of allylic oxidation sites excluding steroid dienone is 1. The fourth-order valence-electron chi connectivity index (χ4n) is 2.95. The lowest BCUT2D eigenvalue weighted by Gasteiger charge is -2.27. The highest BCUT2D eigenvalue weighted by Gasteiger charge is 2.36. The number of hydrogen-bond acceptors (Lipinski definition) is 7. The molecule has 0 saturated heterocycles. The summed E-state index contributed by atoms with van der Waals surface area (Å²) in [5.74, 6) is -1.61. The van der Waals surface area contributed by atoms with Gasteiger partial charge in [-0.25, -0.2) is 14.4 Å². The summed E-state index contributed by atoms with van der Waals surface area (Å²) >= 11 is 0. The number of aliphatic carboxylic acids is 2. The molecule has 2 aromatic rings. The first kappa shape index (κ1) is 22.5. The average molecular weight is 417 g/mol. The van der Waals surface area contributed by atoms with E-state index >= 15 is 0 Å². The van der Waals surface area contributed by atoms with Gasteiger partial charge in [0.15, 0.2) is 0 Å². The molecule has 1 unspecified atom stereocenters. The Balaban J connectivity index is 0.000000343. The Morgan fingerprint density at radius 2 is 1.93 bits per heavy atom. The first-order chi connectivity index (χ1) is 14.4. The summed E-state index contributed by atoms with van der Waals surface area (Å²) in [5.41, 5.74) is 2.35. The molecule has 0 spiro atoms. The van der Waals surface area contributed by atoms with Crippen LogP contribution in [0.4, 0.5) is 5.82 Å². The molecule has 1 atom stereocenters. The van der Waals surface area contributed by atoms with Crippen molar-refractivity contribution in [3.05, 3.63) is 59.3 Å². The average Bonchev–Trinajstić information content (AvgIpc) is 3.38. The van der Waals surface area contributed by atoms with Gasteiger partial charge < -0.3 is 24.7 Å². The Hall–Kier alpha value is -3.82. The molecule has 1 aliphatic rings. The van der Waals surface area contributed by atoms with E-state index in [0.29, 0.717) is 30.1 Å². The monoisotopic (exact) mass is 417 g/mol. The number of fused-ring (bicyclic) bond motifs is 1. The van der Waals surface area contributed by atoms with Crippen molar-refractivity contribution in [3.63, 3.8) is 0 Å². The summed E-state index contributed by atoms with van der Waals surface area (Å²) in [5, 5.41) is 25.9. The number of carboxylic acids is 2. The quantitative estimate of drug-likeness (QED) is 0.393. The van der Waals surface area contributed by atoms with Crippen molar-refractivity contribution in [1.82, 2.24) is 10.2 Å². The topological polar surface area (TPSA) is 155 Å². The van der Waals surface area contributed by atoms with Gasteiger partial charge in [0.25, 0.3) is 0 Å². The number of hydrogen-bond donors (Lipinski definition) is 4. The van der Waals surface area contributed by atoms with Crippen LogP contribution in [-0.2, 0) is 19.1 Å². The van der Waals surface area contributed by atoms with Crippen LogP contribution in [0.3, 0.4) is 0 Å². The maximum Gasteiger partial charge on any atom is 0.336 e. The Morgan fingerprint density at radius 1 is 1.23 bits per heavy atom. The molecule has 0 aromatic carbocycles. The number of rotatable bonds is 7. The highest BCUT2D eigenvalue weighted by atomic mass is 16.5. The molecule has 0 bridgehead atoms. The number of anilines is 1. The molecule has 3 heterocycles. The number of esters is 1. The minimum absolute atomic E-state index is 0.300. The van der Waals surface area contributed by atoms with Gasteiger partial charge >= 0.3 is 17.9 Å². The summed E-state index contributed by atoms with van der Waals surface area (Å²) in [6.45, 7) is 4.21. The van der Waals surface area contributed by atoms with Crippen LogP contribution in [0.1, 0.15) is 43.9 Å². The fraction of sp³-hybridized carbons (Fsp3) is 0.300. The van der Waals surface area contributed by atoms with Gasteiger partial charge in [-0.1, -0.05) is 13.3 Å². The maximum absolute atomic E-state index is 12.5. The second-order valence-electron chi connectivity index (χ2n) is 6.15. The standard InChI is InChI=1S/C16H19N3O3.C4H4O4/c1-3-6-11-14(16(20)21-4-2)13(12-7-5-8-22-12)10-9-17-19-15(10)18-11;5-3(6)1-2-4(7)8/h5,7-9,13H,3-4,6H2,1-2H3,(H2,17,18,19);1-2H,(H,5,6)(H,7,8). The van der Waals surface area contributed by atoms with Gasteiger partial charge in [0.2, 0.25) is 0 Å². The highest BCUT2D eigenvalue weighted by Crippen LogP contribution is 2.42. The number of aromatic nitrogens is 2. The van der Waals surface area contributed by atoms with Crippen molar-refractivity contribution < 1.29 is 33.8 Å². The lowest BCUT2D eigenvalue weighted by molar-refractivity contribution is -0.139. The molecular formula is C20H23N3O7. The number of carboxylic acid groups (broad SMARTS) is 2. The predicted octanol–water partition coefficient (Wildman–Crippen LogP) is 2.89. The maximum atomic E-state index is 12.5. The van der Waals surface area contributed by atoms with Crippen LogP contribution < -0.4 is 5.32 Å². The minimum atomic E-state index is -1.26. The summed E-state index contributed by atoms with van der Waals surface area (Å²) in [7, 11) is 0. The zero-order valence-electron chi connectivity index (χ0n) is 16.5. The van der Waals surface area contributed by atoms with E-state index in [1.165, 1.54) is 0 Å². The normalized spacial score (nSPS) is 15.1. The predicted molar refractivity (Wildman–Crippen MR) is 106 cm³/mol. The Labute approximate surface area is 172 Å². The van der Waals surface area contributed by atoms with Crippen LogP contribution in [0.5, 0.6) is 0 Å². The van der Waals surface area contributed by atoms with E-state index in [0.717, 1.165) is 29.9 Å². The summed E-state index contributed by atoms with van der Waals surface area (Å²) in [6.07, 6.45) is 6.12. The Kier molecular flexibility index (Phi) is 7.98. The molecule has 30 heavy (non-hydrogen) atoms. The number of carbonyl (C=O) groups excluding carboxylic acids is 1. The lowest BCUT2D eigenvalue weighted by atomic mass is 9.85. The second kappa shape index (κ2) is 10.6. The molecule has 4 N–H and O–H groups in total. The van der Waals surface area contributed by atoms with Gasteiger partial charge in [-0.3, -0.25) is 5.10 Å². The molecule has 3 rings (SSSR count). The van der Waals surface area contributed by atoms with Crippen LogP contribution >= 0.6 is 0 Å². The number of nitrogens with zero attached hydrogens (tertiary/aromatic N) is 1. The minimum Gasteiger partial charge on any atom is -0.478 e. The molecular weight excluding hydrogens is 394 g/mol.